The Balaban J connectivity index is 2.08. The van der Waals surface area contributed by atoms with E-state index in [0.29, 0.717) is 16.7 Å². The highest BCUT2D eigenvalue weighted by atomic mass is 32.2. The first-order chi connectivity index (χ1) is 10.3. The lowest BCUT2D eigenvalue weighted by Crippen LogP contribution is -2.03. The van der Waals surface area contributed by atoms with Gasteiger partial charge in [-0.05, 0) is 11.4 Å². The van der Waals surface area contributed by atoms with E-state index in [-0.39, 0.29) is 5.75 Å². The van der Waals surface area contributed by atoms with Gasteiger partial charge in [-0.25, -0.2) is 9.97 Å². The molecular weight excluding hydrogens is 310 g/mol. The minimum absolute atomic E-state index is 0.0870. The van der Waals surface area contributed by atoms with Crippen LogP contribution in [0.15, 0.2) is 41.4 Å². The van der Waals surface area contributed by atoms with Gasteiger partial charge in [0.2, 0.25) is 0 Å². The number of thiophene rings is 1. The SMILES string of the molecule is O=C(O)CSc1nnc(-c2cccs2)n1-c1cncnc1. The Morgan fingerprint density at radius 2 is 2.14 bits per heavy atom. The maximum Gasteiger partial charge on any atom is 0.313 e. The van der Waals surface area contributed by atoms with Crippen LogP contribution >= 0.6 is 23.1 Å². The van der Waals surface area contributed by atoms with E-state index in [1.807, 2.05) is 17.5 Å². The topological polar surface area (TPSA) is 93.8 Å². The third-order valence-electron chi connectivity index (χ3n) is 2.50. The summed E-state index contributed by atoms with van der Waals surface area (Å²) in [5.74, 6) is -0.347. The molecule has 0 saturated heterocycles. The molecule has 21 heavy (non-hydrogen) atoms. The van der Waals surface area contributed by atoms with Crippen molar-refractivity contribution in [3.05, 3.63) is 36.2 Å². The van der Waals surface area contributed by atoms with Crippen LogP contribution < -0.4 is 0 Å². The number of thioether (sulfide) groups is 1. The van der Waals surface area contributed by atoms with E-state index in [0.717, 1.165) is 16.6 Å². The maximum atomic E-state index is 10.8. The zero-order valence-electron chi connectivity index (χ0n) is 10.6. The molecule has 0 radical (unpaired) electrons. The van der Waals surface area contributed by atoms with E-state index in [1.54, 1.807) is 17.0 Å². The summed E-state index contributed by atoms with van der Waals surface area (Å²) in [7, 11) is 0. The van der Waals surface area contributed by atoms with Gasteiger partial charge in [0.15, 0.2) is 11.0 Å². The molecule has 106 valence electrons. The summed E-state index contributed by atoms with van der Waals surface area (Å²) in [4.78, 5) is 19.7. The van der Waals surface area contributed by atoms with E-state index in [1.165, 1.54) is 17.7 Å². The standard InChI is InChI=1S/C12H9N5O2S2/c18-10(19)6-21-12-16-15-11(9-2-1-3-20-9)17(12)8-4-13-7-14-5-8/h1-5,7H,6H2,(H,18,19). The van der Waals surface area contributed by atoms with Crippen molar-refractivity contribution in [1.29, 1.82) is 0 Å². The van der Waals surface area contributed by atoms with Crippen LogP contribution in [0.5, 0.6) is 0 Å². The summed E-state index contributed by atoms with van der Waals surface area (Å²) < 4.78 is 1.76. The fourth-order valence-electron chi connectivity index (χ4n) is 1.69. The van der Waals surface area contributed by atoms with Crippen LogP contribution in [0, 0.1) is 0 Å². The Labute approximate surface area is 127 Å². The highest BCUT2D eigenvalue weighted by molar-refractivity contribution is 7.99. The second-order valence-electron chi connectivity index (χ2n) is 3.90. The quantitative estimate of drug-likeness (QED) is 0.718. The Kier molecular flexibility index (Phi) is 3.93. The summed E-state index contributed by atoms with van der Waals surface area (Å²) in [5.41, 5.74) is 0.693. The van der Waals surface area contributed by atoms with Crippen LogP contribution in [0.25, 0.3) is 16.4 Å². The van der Waals surface area contributed by atoms with Crippen molar-refractivity contribution in [2.75, 3.05) is 5.75 Å². The number of carboxylic acids is 1. The second kappa shape index (κ2) is 6.02. The van der Waals surface area contributed by atoms with Crippen molar-refractivity contribution in [3.63, 3.8) is 0 Å². The van der Waals surface area contributed by atoms with Crippen molar-refractivity contribution in [2.24, 2.45) is 0 Å². The van der Waals surface area contributed by atoms with Crippen LogP contribution in [0.3, 0.4) is 0 Å². The predicted octanol–water partition coefficient (Wildman–Crippen LogP) is 1.96. The number of aliphatic carboxylic acids is 1. The van der Waals surface area contributed by atoms with E-state index >= 15 is 0 Å². The van der Waals surface area contributed by atoms with E-state index in [2.05, 4.69) is 20.2 Å². The third-order valence-corrected chi connectivity index (χ3v) is 4.28. The molecule has 0 amide bonds. The molecule has 3 aromatic heterocycles. The fourth-order valence-corrected chi connectivity index (χ4v) is 3.07. The lowest BCUT2D eigenvalue weighted by molar-refractivity contribution is -0.133. The van der Waals surface area contributed by atoms with Gasteiger partial charge >= 0.3 is 5.97 Å². The Morgan fingerprint density at radius 3 is 2.81 bits per heavy atom. The number of aromatic nitrogens is 5. The molecule has 3 aromatic rings. The van der Waals surface area contributed by atoms with Crippen molar-refractivity contribution >= 4 is 29.1 Å². The summed E-state index contributed by atoms with van der Waals surface area (Å²) in [6, 6.07) is 3.85. The van der Waals surface area contributed by atoms with Crippen LogP contribution in [-0.2, 0) is 4.79 Å². The van der Waals surface area contributed by atoms with Crippen molar-refractivity contribution in [3.8, 4) is 16.4 Å². The second-order valence-corrected chi connectivity index (χ2v) is 5.79. The van der Waals surface area contributed by atoms with Crippen LogP contribution in [0.4, 0.5) is 0 Å². The molecule has 0 unspecified atom stereocenters. The van der Waals surface area contributed by atoms with E-state index in [4.69, 9.17) is 5.11 Å². The fraction of sp³-hybridized carbons (Fsp3) is 0.0833. The Bertz CT molecular complexity index is 742. The van der Waals surface area contributed by atoms with Gasteiger partial charge in [0.1, 0.15) is 6.33 Å². The molecule has 3 heterocycles. The number of carbonyl (C=O) groups is 1. The van der Waals surface area contributed by atoms with Crippen LogP contribution in [0.1, 0.15) is 0 Å². The first kappa shape index (κ1) is 13.7. The molecular formula is C12H9N5O2S2. The highest BCUT2D eigenvalue weighted by Crippen LogP contribution is 2.29. The molecule has 0 aliphatic rings. The van der Waals surface area contributed by atoms with Crippen molar-refractivity contribution in [1.82, 2.24) is 24.7 Å². The number of rotatable bonds is 5. The first-order valence-corrected chi connectivity index (χ1v) is 7.71. The minimum atomic E-state index is -0.906. The van der Waals surface area contributed by atoms with Gasteiger partial charge in [0, 0.05) is 0 Å². The molecule has 0 aliphatic carbocycles. The molecule has 9 heteroatoms. The normalized spacial score (nSPS) is 10.7. The average Bonchev–Trinajstić information content (AvgIpc) is 3.15. The molecule has 0 saturated carbocycles. The molecule has 0 aliphatic heterocycles. The largest absolute Gasteiger partial charge is 0.481 e. The Hall–Kier alpha value is -2.26. The molecule has 0 aromatic carbocycles. The number of hydrogen-bond acceptors (Lipinski definition) is 7. The molecule has 0 fully saturated rings. The minimum Gasteiger partial charge on any atom is -0.481 e. The van der Waals surface area contributed by atoms with Gasteiger partial charge in [-0.2, -0.15) is 0 Å². The summed E-state index contributed by atoms with van der Waals surface area (Å²) in [6.45, 7) is 0. The molecule has 7 nitrogen and oxygen atoms in total. The molecule has 0 atom stereocenters. The van der Waals surface area contributed by atoms with E-state index < -0.39 is 5.97 Å². The van der Waals surface area contributed by atoms with Crippen LogP contribution in [-0.4, -0.2) is 41.6 Å². The van der Waals surface area contributed by atoms with Gasteiger partial charge in [-0.15, -0.1) is 21.5 Å². The first-order valence-electron chi connectivity index (χ1n) is 5.85. The lowest BCUT2D eigenvalue weighted by atomic mass is 10.4. The smallest absolute Gasteiger partial charge is 0.313 e. The number of hydrogen-bond donors (Lipinski definition) is 1. The average molecular weight is 319 g/mol. The molecule has 1 N–H and O–H groups in total. The Morgan fingerprint density at radius 1 is 1.33 bits per heavy atom. The zero-order valence-corrected chi connectivity index (χ0v) is 12.2. The third kappa shape index (κ3) is 2.93. The van der Waals surface area contributed by atoms with Crippen molar-refractivity contribution in [2.45, 2.75) is 5.16 Å². The zero-order chi connectivity index (χ0) is 14.7. The summed E-state index contributed by atoms with van der Waals surface area (Å²) >= 11 is 2.64. The van der Waals surface area contributed by atoms with Gasteiger partial charge in [-0.3, -0.25) is 9.36 Å². The van der Waals surface area contributed by atoms with Gasteiger partial charge < -0.3 is 5.11 Å². The summed E-state index contributed by atoms with van der Waals surface area (Å²) in [6.07, 6.45) is 4.71. The van der Waals surface area contributed by atoms with Crippen LogP contribution in [0.2, 0.25) is 0 Å². The molecule has 0 bridgehead atoms. The monoisotopic (exact) mass is 319 g/mol. The van der Waals surface area contributed by atoms with Gasteiger partial charge in [-0.1, -0.05) is 17.8 Å². The van der Waals surface area contributed by atoms with Gasteiger partial charge in [0.25, 0.3) is 0 Å². The molecule has 0 spiro atoms. The maximum absolute atomic E-state index is 10.8. The van der Waals surface area contributed by atoms with Gasteiger partial charge in [0.05, 0.1) is 28.7 Å². The molecule has 3 rings (SSSR count). The number of nitrogens with zero attached hydrogens (tertiary/aromatic N) is 5. The predicted molar refractivity (Wildman–Crippen MR) is 78.6 cm³/mol. The summed E-state index contributed by atoms with van der Waals surface area (Å²) in [5, 5.41) is 19.5. The van der Waals surface area contributed by atoms with E-state index in [9.17, 15) is 4.79 Å². The number of carboxylic acid groups (broad SMARTS) is 1. The van der Waals surface area contributed by atoms with Crippen molar-refractivity contribution < 1.29 is 9.90 Å². The lowest BCUT2D eigenvalue weighted by Gasteiger charge is -2.07. The highest BCUT2D eigenvalue weighted by Gasteiger charge is 2.17.